The molecule has 0 radical (unpaired) electrons. The van der Waals surface area contributed by atoms with Crippen LogP contribution >= 0.6 is 11.6 Å². The molecule has 0 bridgehead atoms. The highest BCUT2D eigenvalue weighted by Gasteiger charge is 2.30. The fourth-order valence-electron chi connectivity index (χ4n) is 2.23. The van der Waals surface area contributed by atoms with E-state index in [1.807, 2.05) is 6.92 Å². The first-order valence-corrected chi connectivity index (χ1v) is 9.57. The largest absolute Gasteiger partial charge is 0.325 e. The zero-order valence-corrected chi connectivity index (χ0v) is 14.5. The predicted octanol–water partition coefficient (Wildman–Crippen LogP) is 1.52. The standard InChI is InChI=1S/C14H16ClN5O3S/c1-9-2-3-10(6-12(9)15)16-14(21)8-24(22,23)7-13-17-18-19-20(13)11-4-5-11/h2-3,6,11H,4-5,7-8H2,1H3,(H,16,21). The second kappa shape index (κ2) is 6.48. The summed E-state index contributed by atoms with van der Waals surface area (Å²) in [7, 11) is -3.68. The fraction of sp³-hybridized carbons (Fsp3) is 0.429. The molecule has 1 aliphatic carbocycles. The third-order valence-electron chi connectivity index (χ3n) is 3.61. The van der Waals surface area contributed by atoms with Crippen molar-refractivity contribution in [2.24, 2.45) is 0 Å². The van der Waals surface area contributed by atoms with Gasteiger partial charge in [-0.05, 0) is 47.9 Å². The van der Waals surface area contributed by atoms with Crippen LogP contribution in [-0.2, 0) is 20.4 Å². The first-order chi connectivity index (χ1) is 11.3. The topological polar surface area (TPSA) is 107 Å². The Morgan fingerprint density at radius 3 is 2.83 bits per heavy atom. The summed E-state index contributed by atoms with van der Waals surface area (Å²) in [4.78, 5) is 12.0. The summed E-state index contributed by atoms with van der Waals surface area (Å²) in [6, 6.07) is 5.17. The summed E-state index contributed by atoms with van der Waals surface area (Å²) in [6.45, 7) is 1.84. The summed E-state index contributed by atoms with van der Waals surface area (Å²) in [5.74, 6) is -1.36. The molecule has 0 saturated heterocycles. The van der Waals surface area contributed by atoms with Crippen LogP contribution in [-0.4, -0.2) is 40.3 Å². The fourth-order valence-corrected chi connectivity index (χ4v) is 3.56. The SMILES string of the molecule is Cc1ccc(NC(=O)CS(=O)(=O)Cc2nnnn2C2CC2)cc1Cl. The van der Waals surface area contributed by atoms with Crippen LogP contribution in [0.3, 0.4) is 0 Å². The van der Waals surface area contributed by atoms with E-state index in [9.17, 15) is 13.2 Å². The molecule has 1 N–H and O–H groups in total. The van der Waals surface area contributed by atoms with Gasteiger partial charge in [0.1, 0.15) is 11.5 Å². The van der Waals surface area contributed by atoms with Crippen molar-refractivity contribution >= 4 is 33.0 Å². The van der Waals surface area contributed by atoms with Crippen molar-refractivity contribution in [3.05, 3.63) is 34.6 Å². The predicted molar refractivity (Wildman–Crippen MR) is 88.4 cm³/mol. The Balaban J connectivity index is 1.64. The molecule has 1 amide bonds. The minimum Gasteiger partial charge on any atom is -0.325 e. The molecular formula is C14H16ClN5O3S. The quantitative estimate of drug-likeness (QED) is 0.827. The summed E-state index contributed by atoms with van der Waals surface area (Å²) >= 11 is 5.98. The van der Waals surface area contributed by atoms with Crippen molar-refractivity contribution in [2.75, 3.05) is 11.1 Å². The zero-order chi connectivity index (χ0) is 17.3. The van der Waals surface area contributed by atoms with Gasteiger partial charge in [-0.15, -0.1) is 5.10 Å². The van der Waals surface area contributed by atoms with Crippen molar-refractivity contribution in [2.45, 2.75) is 31.6 Å². The van der Waals surface area contributed by atoms with Gasteiger partial charge in [-0.3, -0.25) is 4.79 Å². The number of carbonyl (C=O) groups is 1. The molecule has 1 aromatic heterocycles. The molecule has 1 fully saturated rings. The average Bonchev–Trinajstić information content (AvgIpc) is 3.23. The Bertz CT molecular complexity index is 876. The summed E-state index contributed by atoms with van der Waals surface area (Å²) in [5, 5.41) is 14.1. The molecule has 1 heterocycles. The molecule has 8 nitrogen and oxygen atoms in total. The Morgan fingerprint density at radius 1 is 1.42 bits per heavy atom. The molecule has 128 valence electrons. The van der Waals surface area contributed by atoms with Crippen LogP contribution in [0.4, 0.5) is 5.69 Å². The number of nitrogens with one attached hydrogen (secondary N) is 1. The maximum Gasteiger partial charge on any atom is 0.239 e. The number of anilines is 1. The van der Waals surface area contributed by atoms with E-state index in [0.717, 1.165) is 18.4 Å². The Labute approximate surface area is 144 Å². The minimum absolute atomic E-state index is 0.175. The van der Waals surface area contributed by atoms with E-state index in [1.165, 1.54) is 4.68 Å². The highest BCUT2D eigenvalue weighted by Crippen LogP contribution is 2.34. The summed E-state index contributed by atoms with van der Waals surface area (Å²) in [6.07, 6.45) is 1.87. The molecule has 24 heavy (non-hydrogen) atoms. The molecule has 1 aliphatic rings. The van der Waals surface area contributed by atoms with E-state index in [4.69, 9.17) is 11.6 Å². The maximum atomic E-state index is 12.2. The van der Waals surface area contributed by atoms with E-state index in [1.54, 1.807) is 18.2 Å². The second-order valence-corrected chi connectivity index (χ2v) is 8.29. The van der Waals surface area contributed by atoms with Crippen LogP contribution in [0.25, 0.3) is 0 Å². The molecule has 1 saturated carbocycles. The van der Waals surface area contributed by atoms with Crippen molar-refractivity contribution in [3.8, 4) is 0 Å². The molecular weight excluding hydrogens is 354 g/mol. The zero-order valence-electron chi connectivity index (χ0n) is 12.9. The molecule has 2 aromatic rings. The van der Waals surface area contributed by atoms with Crippen molar-refractivity contribution in [1.82, 2.24) is 20.2 Å². The summed E-state index contributed by atoms with van der Waals surface area (Å²) < 4.78 is 26.0. The number of carbonyl (C=O) groups excluding carboxylic acids is 1. The van der Waals surface area contributed by atoms with Gasteiger partial charge in [0, 0.05) is 10.7 Å². The van der Waals surface area contributed by atoms with Gasteiger partial charge in [-0.2, -0.15) is 0 Å². The van der Waals surface area contributed by atoms with Gasteiger partial charge < -0.3 is 5.32 Å². The monoisotopic (exact) mass is 369 g/mol. The normalized spacial score (nSPS) is 14.6. The van der Waals surface area contributed by atoms with E-state index in [2.05, 4.69) is 20.8 Å². The highest BCUT2D eigenvalue weighted by molar-refractivity contribution is 7.91. The highest BCUT2D eigenvalue weighted by atomic mass is 35.5. The number of aryl methyl sites for hydroxylation is 1. The lowest BCUT2D eigenvalue weighted by Crippen LogP contribution is -2.25. The van der Waals surface area contributed by atoms with E-state index in [-0.39, 0.29) is 17.6 Å². The number of amides is 1. The first kappa shape index (κ1) is 16.8. The molecule has 10 heteroatoms. The molecule has 0 aliphatic heterocycles. The molecule has 3 rings (SSSR count). The number of nitrogens with zero attached hydrogens (tertiary/aromatic N) is 4. The molecule has 0 atom stereocenters. The lowest BCUT2D eigenvalue weighted by molar-refractivity contribution is -0.113. The van der Waals surface area contributed by atoms with Gasteiger partial charge in [-0.1, -0.05) is 17.7 Å². The van der Waals surface area contributed by atoms with Crippen LogP contribution in [0.1, 0.15) is 30.3 Å². The third kappa shape index (κ3) is 4.09. The van der Waals surface area contributed by atoms with Gasteiger partial charge in [0.15, 0.2) is 15.7 Å². The van der Waals surface area contributed by atoms with E-state index < -0.39 is 21.5 Å². The minimum atomic E-state index is -3.68. The molecule has 0 unspecified atom stereocenters. The Morgan fingerprint density at radius 2 is 2.17 bits per heavy atom. The van der Waals surface area contributed by atoms with Gasteiger partial charge in [0.2, 0.25) is 5.91 Å². The number of tetrazole rings is 1. The molecule has 0 spiro atoms. The van der Waals surface area contributed by atoms with Crippen LogP contribution < -0.4 is 5.32 Å². The van der Waals surface area contributed by atoms with Crippen LogP contribution in [0, 0.1) is 6.92 Å². The lowest BCUT2D eigenvalue weighted by atomic mass is 10.2. The van der Waals surface area contributed by atoms with Crippen molar-refractivity contribution in [1.29, 1.82) is 0 Å². The van der Waals surface area contributed by atoms with E-state index in [0.29, 0.717) is 10.7 Å². The van der Waals surface area contributed by atoms with Crippen LogP contribution in [0.5, 0.6) is 0 Å². The number of hydrogen-bond acceptors (Lipinski definition) is 6. The Hall–Kier alpha value is -2.00. The average molecular weight is 370 g/mol. The number of sulfone groups is 1. The first-order valence-electron chi connectivity index (χ1n) is 7.37. The maximum absolute atomic E-state index is 12.2. The number of rotatable bonds is 6. The van der Waals surface area contributed by atoms with Gasteiger partial charge in [0.25, 0.3) is 0 Å². The number of benzene rings is 1. The van der Waals surface area contributed by atoms with Crippen LogP contribution in [0.2, 0.25) is 5.02 Å². The Kier molecular flexibility index (Phi) is 4.55. The van der Waals surface area contributed by atoms with Crippen molar-refractivity contribution in [3.63, 3.8) is 0 Å². The van der Waals surface area contributed by atoms with Crippen LogP contribution in [0.15, 0.2) is 18.2 Å². The number of aromatic nitrogens is 4. The number of halogens is 1. The smallest absolute Gasteiger partial charge is 0.239 e. The van der Waals surface area contributed by atoms with Gasteiger partial charge >= 0.3 is 0 Å². The third-order valence-corrected chi connectivity index (χ3v) is 5.42. The number of hydrogen-bond donors (Lipinski definition) is 1. The second-order valence-electron chi connectivity index (χ2n) is 5.82. The van der Waals surface area contributed by atoms with E-state index >= 15 is 0 Å². The van der Waals surface area contributed by atoms with Crippen molar-refractivity contribution < 1.29 is 13.2 Å². The summed E-state index contributed by atoms with van der Waals surface area (Å²) in [5.41, 5.74) is 1.32. The van der Waals surface area contributed by atoms with Gasteiger partial charge in [-0.25, -0.2) is 13.1 Å². The van der Waals surface area contributed by atoms with Gasteiger partial charge in [0.05, 0.1) is 6.04 Å². The lowest BCUT2D eigenvalue weighted by Gasteiger charge is -2.08. The molecule has 1 aromatic carbocycles.